The predicted octanol–water partition coefficient (Wildman–Crippen LogP) is 3.97. The van der Waals surface area contributed by atoms with E-state index in [4.69, 9.17) is 16.3 Å². The van der Waals surface area contributed by atoms with Gasteiger partial charge in [-0.05, 0) is 38.1 Å². The highest BCUT2D eigenvalue weighted by Crippen LogP contribution is 2.26. The van der Waals surface area contributed by atoms with Crippen molar-refractivity contribution in [3.63, 3.8) is 0 Å². The molecule has 0 bridgehead atoms. The monoisotopic (exact) mass is 388 g/mol. The van der Waals surface area contributed by atoms with Crippen LogP contribution < -0.4 is 4.80 Å². The summed E-state index contributed by atoms with van der Waals surface area (Å²) in [5, 5.41) is 0.550. The number of aryl methyl sites for hydroxylation is 1. The first-order valence-corrected chi connectivity index (χ1v) is 9.28. The van der Waals surface area contributed by atoms with Crippen LogP contribution in [0.2, 0.25) is 5.02 Å². The van der Waals surface area contributed by atoms with Crippen molar-refractivity contribution in [1.29, 1.82) is 0 Å². The summed E-state index contributed by atoms with van der Waals surface area (Å²) < 4.78 is 7.47. The van der Waals surface area contributed by atoms with Crippen molar-refractivity contribution >= 4 is 45.0 Å². The maximum absolute atomic E-state index is 12.5. The smallest absolute Gasteiger partial charge is 0.326 e. The summed E-state index contributed by atoms with van der Waals surface area (Å²) in [6, 6.07) is 12.6. The molecule has 0 aliphatic heterocycles. The molecule has 7 heteroatoms. The number of halogens is 1. The Morgan fingerprint density at radius 2 is 1.92 bits per heavy atom. The van der Waals surface area contributed by atoms with Crippen LogP contribution in [0.4, 0.5) is 0 Å². The first kappa shape index (κ1) is 18.4. The van der Waals surface area contributed by atoms with E-state index in [1.807, 2.05) is 25.1 Å². The van der Waals surface area contributed by atoms with Crippen molar-refractivity contribution in [2.24, 2.45) is 4.99 Å². The third kappa shape index (κ3) is 3.86. The van der Waals surface area contributed by atoms with Crippen molar-refractivity contribution in [2.45, 2.75) is 20.4 Å². The number of hydrogen-bond donors (Lipinski definition) is 0. The Kier molecular flexibility index (Phi) is 5.54. The van der Waals surface area contributed by atoms with Gasteiger partial charge < -0.3 is 9.30 Å². The molecule has 0 saturated heterocycles. The van der Waals surface area contributed by atoms with E-state index in [0.29, 0.717) is 15.4 Å². The van der Waals surface area contributed by atoms with Crippen LogP contribution in [0.15, 0.2) is 47.5 Å². The summed E-state index contributed by atoms with van der Waals surface area (Å²) in [7, 11) is 0. The van der Waals surface area contributed by atoms with Gasteiger partial charge in [-0.1, -0.05) is 46.7 Å². The van der Waals surface area contributed by atoms with Crippen LogP contribution in [0.25, 0.3) is 10.2 Å². The van der Waals surface area contributed by atoms with Crippen molar-refractivity contribution in [3.8, 4) is 0 Å². The maximum atomic E-state index is 12.5. The molecule has 0 fully saturated rings. The summed E-state index contributed by atoms with van der Waals surface area (Å²) in [4.78, 5) is 29.2. The van der Waals surface area contributed by atoms with E-state index in [-0.39, 0.29) is 19.1 Å². The van der Waals surface area contributed by atoms with E-state index in [1.54, 1.807) is 35.8 Å². The number of hydrogen-bond acceptors (Lipinski definition) is 4. The molecule has 0 unspecified atom stereocenters. The topological polar surface area (TPSA) is 60.7 Å². The normalized spacial score (nSPS) is 11.7. The average Bonchev–Trinajstić information content (AvgIpc) is 2.94. The Hall–Kier alpha value is -2.44. The first-order valence-electron chi connectivity index (χ1n) is 8.08. The Balaban J connectivity index is 2.11. The summed E-state index contributed by atoms with van der Waals surface area (Å²) >= 11 is 7.54. The number of esters is 1. The van der Waals surface area contributed by atoms with Crippen molar-refractivity contribution < 1.29 is 14.3 Å². The molecule has 0 atom stereocenters. The molecule has 134 valence electrons. The SMILES string of the molecule is CCOC(=O)Cn1c(=NC(=O)c2ccc(C)cc2)sc2c(Cl)cccc21. The van der Waals surface area contributed by atoms with Crippen molar-refractivity contribution in [3.05, 3.63) is 63.4 Å². The molecule has 3 rings (SSSR count). The average molecular weight is 389 g/mol. The minimum Gasteiger partial charge on any atom is -0.465 e. The number of benzene rings is 2. The standard InChI is InChI=1S/C19H17ClN2O3S/c1-3-25-16(23)11-22-15-6-4-5-14(20)17(15)26-19(22)21-18(24)13-9-7-12(2)8-10-13/h4-10H,3,11H2,1-2H3. The lowest BCUT2D eigenvalue weighted by atomic mass is 10.1. The third-order valence-electron chi connectivity index (χ3n) is 3.75. The molecular weight excluding hydrogens is 372 g/mol. The molecule has 0 radical (unpaired) electrons. The number of thiazole rings is 1. The molecule has 0 aliphatic carbocycles. The van der Waals surface area contributed by atoms with Crippen LogP contribution in [0, 0.1) is 6.92 Å². The second-order valence-electron chi connectivity index (χ2n) is 5.65. The van der Waals surface area contributed by atoms with Crippen LogP contribution in [0.1, 0.15) is 22.8 Å². The van der Waals surface area contributed by atoms with E-state index in [2.05, 4.69) is 4.99 Å². The van der Waals surface area contributed by atoms with Crippen LogP contribution >= 0.6 is 22.9 Å². The molecule has 26 heavy (non-hydrogen) atoms. The number of rotatable bonds is 4. The van der Waals surface area contributed by atoms with Gasteiger partial charge in [-0.2, -0.15) is 4.99 Å². The zero-order valence-corrected chi connectivity index (χ0v) is 15.9. The Morgan fingerprint density at radius 3 is 2.62 bits per heavy atom. The maximum Gasteiger partial charge on any atom is 0.326 e. The summed E-state index contributed by atoms with van der Waals surface area (Å²) in [6.45, 7) is 3.95. The van der Waals surface area contributed by atoms with Crippen molar-refractivity contribution in [1.82, 2.24) is 4.57 Å². The number of fused-ring (bicyclic) bond motifs is 1. The van der Waals surface area contributed by atoms with Crippen LogP contribution in [-0.4, -0.2) is 23.1 Å². The molecule has 0 N–H and O–H groups in total. The van der Waals surface area contributed by atoms with Gasteiger partial charge in [0.15, 0.2) is 4.80 Å². The number of carbonyl (C=O) groups is 2. The van der Waals surface area contributed by atoms with E-state index in [9.17, 15) is 9.59 Å². The van der Waals surface area contributed by atoms with Gasteiger partial charge in [0.1, 0.15) is 6.54 Å². The highest BCUT2D eigenvalue weighted by Gasteiger charge is 2.14. The number of nitrogens with zero attached hydrogens (tertiary/aromatic N) is 2. The Bertz CT molecular complexity index is 1040. The fourth-order valence-corrected chi connectivity index (χ4v) is 3.80. The lowest BCUT2D eigenvalue weighted by molar-refractivity contribution is -0.143. The molecule has 1 heterocycles. The van der Waals surface area contributed by atoms with Gasteiger partial charge >= 0.3 is 5.97 Å². The van der Waals surface area contributed by atoms with Gasteiger partial charge in [0.05, 0.1) is 21.8 Å². The van der Waals surface area contributed by atoms with Crippen LogP contribution in [0.3, 0.4) is 0 Å². The van der Waals surface area contributed by atoms with Crippen LogP contribution in [-0.2, 0) is 16.1 Å². The molecule has 1 aromatic heterocycles. The van der Waals surface area contributed by atoms with Gasteiger partial charge in [0, 0.05) is 5.56 Å². The summed E-state index contributed by atoms with van der Waals surface area (Å²) in [5.41, 5.74) is 2.29. The Morgan fingerprint density at radius 1 is 1.19 bits per heavy atom. The minimum atomic E-state index is -0.392. The molecule has 2 aromatic carbocycles. The molecule has 5 nitrogen and oxygen atoms in total. The summed E-state index contributed by atoms with van der Waals surface area (Å²) in [6.07, 6.45) is 0. The van der Waals surface area contributed by atoms with Gasteiger partial charge in [-0.25, -0.2) is 0 Å². The van der Waals surface area contributed by atoms with Crippen molar-refractivity contribution in [2.75, 3.05) is 6.61 Å². The molecule has 1 amide bonds. The van der Waals surface area contributed by atoms with Gasteiger partial charge in [0.2, 0.25) is 0 Å². The fourth-order valence-electron chi connectivity index (χ4n) is 2.48. The molecule has 3 aromatic rings. The minimum absolute atomic E-state index is 0.0335. The number of aromatic nitrogens is 1. The van der Waals surface area contributed by atoms with Gasteiger partial charge in [0.25, 0.3) is 5.91 Å². The van der Waals surface area contributed by atoms with E-state index >= 15 is 0 Å². The fraction of sp³-hybridized carbons (Fsp3) is 0.211. The Labute approximate surface area is 159 Å². The number of ether oxygens (including phenoxy) is 1. The molecule has 0 saturated carbocycles. The van der Waals surface area contributed by atoms with Crippen LogP contribution in [0.5, 0.6) is 0 Å². The van der Waals surface area contributed by atoms with E-state index in [1.165, 1.54) is 11.3 Å². The molecular formula is C19H17ClN2O3S. The largest absolute Gasteiger partial charge is 0.465 e. The number of carbonyl (C=O) groups excluding carboxylic acids is 2. The second kappa shape index (κ2) is 7.85. The zero-order chi connectivity index (χ0) is 18.7. The van der Waals surface area contributed by atoms with E-state index < -0.39 is 5.97 Å². The predicted molar refractivity (Wildman–Crippen MR) is 103 cm³/mol. The zero-order valence-electron chi connectivity index (χ0n) is 14.4. The summed E-state index contributed by atoms with van der Waals surface area (Å²) in [5.74, 6) is -0.762. The lowest BCUT2D eigenvalue weighted by Crippen LogP contribution is -2.23. The molecule has 0 spiro atoms. The van der Waals surface area contributed by atoms with Gasteiger partial charge in [-0.3, -0.25) is 9.59 Å². The highest BCUT2D eigenvalue weighted by molar-refractivity contribution is 7.17. The number of amides is 1. The molecule has 0 aliphatic rings. The third-order valence-corrected chi connectivity index (χ3v) is 5.30. The second-order valence-corrected chi connectivity index (χ2v) is 7.03. The van der Waals surface area contributed by atoms with Gasteiger partial charge in [-0.15, -0.1) is 0 Å². The quantitative estimate of drug-likeness (QED) is 0.635. The first-order chi connectivity index (χ1) is 12.5. The lowest BCUT2D eigenvalue weighted by Gasteiger charge is -2.05. The highest BCUT2D eigenvalue weighted by atomic mass is 35.5. The van der Waals surface area contributed by atoms with E-state index in [0.717, 1.165) is 15.8 Å².